The Bertz CT molecular complexity index is 404. The minimum Gasteiger partial charge on any atom is -0.316 e. The van der Waals surface area contributed by atoms with E-state index in [1.807, 2.05) is 27.7 Å². The van der Waals surface area contributed by atoms with Crippen molar-refractivity contribution in [2.45, 2.75) is 59.9 Å². The number of rotatable bonds is 7. The summed E-state index contributed by atoms with van der Waals surface area (Å²) in [6.07, 6.45) is 3.17. The van der Waals surface area contributed by atoms with Gasteiger partial charge in [-0.15, -0.1) is 0 Å². The van der Waals surface area contributed by atoms with Crippen LogP contribution in [0.2, 0.25) is 0 Å². The summed E-state index contributed by atoms with van der Waals surface area (Å²) in [6, 6.07) is -0.0823. The molecule has 1 fully saturated rings. The Labute approximate surface area is 131 Å². The Balaban J connectivity index is 2.58. The highest BCUT2D eigenvalue weighted by molar-refractivity contribution is 7.87. The third-order valence-electron chi connectivity index (χ3n) is 4.31. The highest BCUT2D eigenvalue weighted by Gasteiger charge is 2.32. The molecule has 1 heterocycles. The van der Waals surface area contributed by atoms with Gasteiger partial charge >= 0.3 is 0 Å². The van der Waals surface area contributed by atoms with Crippen LogP contribution in [0.1, 0.15) is 53.9 Å². The topological polar surface area (TPSA) is 61.4 Å². The lowest BCUT2D eigenvalue weighted by molar-refractivity contribution is 0.249. The fraction of sp³-hybridized carbons (Fsp3) is 1.00. The van der Waals surface area contributed by atoms with Gasteiger partial charge in [-0.2, -0.15) is 17.4 Å². The molecular formula is C15H33N3O2S. The van der Waals surface area contributed by atoms with Gasteiger partial charge in [0, 0.05) is 19.1 Å². The molecular weight excluding hydrogens is 286 g/mol. The first kappa shape index (κ1) is 18.9. The normalized spacial score (nSPS) is 23.2. The van der Waals surface area contributed by atoms with E-state index in [1.165, 1.54) is 0 Å². The summed E-state index contributed by atoms with van der Waals surface area (Å²) in [6.45, 7) is 13.4. The van der Waals surface area contributed by atoms with Crippen LogP contribution in [0.15, 0.2) is 0 Å². The second-order valence-electron chi connectivity index (χ2n) is 7.28. The van der Waals surface area contributed by atoms with Gasteiger partial charge in [-0.3, -0.25) is 0 Å². The van der Waals surface area contributed by atoms with Gasteiger partial charge < -0.3 is 5.32 Å². The molecule has 0 aromatic heterocycles. The second kappa shape index (κ2) is 7.90. The highest BCUT2D eigenvalue weighted by atomic mass is 32.2. The second-order valence-corrected chi connectivity index (χ2v) is 8.98. The number of hydrogen-bond donors (Lipinski definition) is 2. The number of hydrogen-bond acceptors (Lipinski definition) is 3. The van der Waals surface area contributed by atoms with Crippen LogP contribution in [0.4, 0.5) is 0 Å². The average Bonchev–Trinajstić information content (AvgIpc) is 2.38. The molecule has 126 valence electrons. The van der Waals surface area contributed by atoms with Gasteiger partial charge in [0.2, 0.25) is 0 Å². The van der Waals surface area contributed by atoms with E-state index in [0.717, 1.165) is 32.4 Å². The smallest absolute Gasteiger partial charge is 0.279 e. The van der Waals surface area contributed by atoms with Crippen molar-refractivity contribution in [3.63, 3.8) is 0 Å². The van der Waals surface area contributed by atoms with Crippen LogP contribution in [0.5, 0.6) is 0 Å². The third-order valence-corrected chi connectivity index (χ3v) is 5.97. The van der Waals surface area contributed by atoms with E-state index in [2.05, 4.69) is 17.0 Å². The maximum Gasteiger partial charge on any atom is 0.279 e. The van der Waals surface area contributed by atoms with Crippen molar-refractivity contribution in [3.05, 3.63) is 0 Å². The number of nitrogens with zero attached hydrogens (tertiary/aromatic N) is 1. The monoisotopic (exact) mass is 319 g/mol. The zero-order chi connectivity index (χ0) is 16.1. The zero-order valence-corrected chi connectivity index (χ0v) is 15.1. The fourth-order valence-corrected chi connectivity index (χ4v) is 4.10. The molecule has 2 N–H and O–H groups in total. The standard InChI is InChI=1S/C15H33N3O2S/c1-6-9-16-11-14-8-7-10-18(12-14)21(19,20)17-13(2)15(3,4)5/h13-14,16-17H,6-12H2,1-5H3. The predicted octanol–water partition coefficient (Wildman–Crippen LogP) is 1.97. The summed E-state index contributed by atoms with van der Waals surface area (Å²) in [5.74, 6) is 0.423. The molecule has 1 aliphatic rings. The lowest BCUT2D eigenvalue weighted by atomic mass is 9.89. The molecule has 21 heavy (non-hydrogen) atoms. The van der Waals surface area contributed by atoms with Gasteiger partial charge in [-0.25, -0.2) is 0 Å². The summed E-state index contributed by atoms with van der Waals surface area (Å²) in [7, 11) is -3.37. The molecule has 2 atom stereocenters. The highest BCUT2D eigenvalue weighted by Crippen LogP contribution is 2.22. The predicted molar refractivity (Wildman–Crippen MR) is 88.4 cm³/mol. The SMILES string of the molecule is CCCNCC1CCCN(S(=O)(=O)NC(C)C(C)(C)C)C1. The minimum atomic E-state index is -3.37. The van der Waals surface area contributed by atoms with Crippen LogP contribution in [-0.4, -0.2) is 44.9 Å². The maximum absolute atomic E-state index is 12.5. The molecule has 0 spiro atoms. The molecule has 0 bridgehead atoms. The first-order chi connectivity index (χ1) is 9.66. The maximum atomic E-state index is 12.5. The van der Waals surface area contributed by atoms with Crippen molar-refractivity contribution in [1.29, 1.82) is 0 Å². The lowest BCUT2D eigenvalue weighted by Gasteiger charge is -2.35. The largest absolute Gasteiger partial charge is 0.316 e. The van der Waals surface area contributed by atoms with E-state index in [0.29, 0.717) is 19.0 Å². The van der Waals surface area contributed by atoms with Gasteiger partial charge in [0.05, 0.1) is 0 Å². The Hall–Kier alpha value is -0.170. The van der Waals surface area contributed by atoms with E-state index >= 15 is 0 Å². The molecule has 1 rings (SSSR count). The average molecular weight is 320 g/mol. The van der Waals surface area contributed by atoms with Gasteiger partial charge in [-0.05, 0) is 50.6 Å². The number of nitrogens with one attached hydrogen (secondary N) is 2. The Morgan fingerprint density at radius 1 is 1.33 bits per heavy atom. The van der Waals surface area contributed by atoms with Gasteiger partial charge in [0.15, 0.2) is 0 Å². The first-order valence-corrected chi connectivity index (χ1v) is 9.59. The van der Waals surface area contributed by atoms with Crippen LogP contribution < -0.4 is 10.0 Å². The fourth-order valence-electron chi connectivity index (χ4n) is 2.37. The molecule has 6 heteroatoms. The summed E-state index contributed by atoms with van der Waals surface area (Å²) >= 11 is 0. The number of piperidine rings is 1. The van der Waals surface area contributed by atoms with Crippen molar-refractivity contribution >= 4 is 10.2 Å². The minimum absolute atomic E-state index is 0.0784. The molecule has 0 saturated carbocycles. The van der Waals surface area contributed by atoms with Crippen molar-refractivity contribution in [2.75, 3.05) is 26.2 Å². The van der Waals surface area contributed by atoms with Crippen LogP contribution >= 0.6 is 0 Å². The Kier molecular flexibility index (Phi) is 7.10. The van der Waals surface area contributed by atoms with Crippen LogP contribution in [0.25, 0.3) is 0 Å². The van der Waals surface area contributed by atoms with Crippen LogP contribution in [-0.2, 0) is 10.2 Å². The first-order valence-electron chi connectivity index (χ1n) is 8.15. The van der Waals surface area contributed by atoms with Gasteiger partial charge in [0.25, 0.3) is 10.2 Å². The Morgan fingerprint density at radius 2 is 2.00 bits per heavy atom. The molecule has 2 unspecified atom stereocenters. The van der Waals surface area contributed by atoms with E-state index in [1.54, 1.807) is 4.31 Å². The van der Waals surface area contributed by atoms with Crippen LogP contribution in [0.3, 0.4) is 0 Å². The van der Waals surface area contributed by atoms with Crippen molar-refractivity contribution in [3.8, 4) is 0 Å². The molecule has 5 nitrogen and oxygen atoms in total. The van der Waals surface area contributed by atoms with Crippen molar-refractivity contribution < 1.29 is 8.42 Å². The third kappa shape index (κ3) is 6.22. The molecule has 0 radical (unpaired) electrons. The Morgan fingerprint density at radius 3 is 2.57 bits per heavy atom. The van der Waals surface area contributed by atoms with Crippen molar-refractivity contribution in [2.24, 2.45) is 11.3 Å². The molecule has 0 aliphatic carbocycles. The van der Waals surface area contributed by atoms with Gasteiger partial charge in [0.1, 0.15) is 0 Å². The summed E-state index contributed by atoms with van der Waals surface area (Å²) in [5.41, 5.74) is -0.0784. The quantitative estimate of drug-likeness (QED) is 0.705. The van der Waals surface area contributed by atoms with E-state index in [-0.39, 0.29) is 11.5 Å². The molecule has 1 aliphatic heterocycles. The van der Waals surface area contributed by atoms with Crippen molar-refractivity contribution in [1.82, 2.24) is 14.3 Å². The van der Waals surface area contributed by atoms with E-state index in [9.17, 15) is 8.42 Å². The molecule has 0 aromatic rings. The lowest BCUT2D eigenvalue weighted by Crippen LogP contribution is -2.52. The van der Waals surface area contributed by atoms with Gasteiger partial charge in [-0.1, -0.05) is 27.7 Å². The summed E-state index contributed by atoms with van der Waals surface area (Å²) in [5, 5.41) is 3.40. The van der Waals surface area contributed by atoms with Crippen LogP contribution in [0, 0.1) is 11.3 Å². The summed E-state index contributed by atoms with van der Waals surface area (Å²) < 4.78 is 29.5. The summed E-state index contributed by atoms with van der Waals surface area (Å²) in [4.78, 5) is 0. The zero-order valence-electron chi connectivity index (χ0n) is 14.3. The molecule has 1 saturated heterocycles. The molecule has 0 aromatic carbocycles. The van der Waals surface area contributed by atoms with E-state index in [4.69, 9.17) is 0 Å². The molecule has 0 amide bonds. The van der Waals surface area contributed by atoms with E-state index < -0.39 is 10.2 Å².